The third-order valence-electron chi connectivity index (χ3n) is 0.362. The van der Waals surface area contributed by atoms with E-state index < -0.39 is 0 Å². The second kappa shape index (κ2) is 1.30. The molecule has 1 aromatic rings. The van der Waals surface area contributed by atoms with Crippen LogP contribution < -0.4 is 0 Å². The monoisotopic (exact) mass is 100.0 g/mol. The van der Waals surface area contributed by atoms with Crippen LogP contribution in [-0.2, 0) is 0 Å². The third-order valence-corrected chi connectivity index (χ3v) is 0.562. The standard InChI is InChI=1S/C2H2N3S/c6-2-1-3-5-4-2/h(H2,3,4,5,6). The molecular weight excluding hydrogens is 98.1 g/mol. The highest BCUT2D eigenvalue weighted by molar-refractivity contribution is 7.80. The quantitative estimate of drug-likeness (QED) is 0.447. The van der Waals surface area contributed by atoms with Crippen LogP contribution in [0.5, 0.6) is 0 Å². The van der Waals surface area contributed by atoms with Crippen LogP contribution in [0.1, 0.15) is 0 Å². The summed E-state index contributed by atoms with van der Waals surface area (Å²) < 4.78 is 0. The maximum Gasteiger partial charge on any atom is 0.149 e. The molecule has 0 aliphatic heterocycles. The van der Waals surface area contributed by atoms with Gasteiger partial charge in [-0.1, -0.05) is 5.21 Å². The number of thiol groups is 1. The topological polar surface area (TPSA) is 41.6 Å². The molecule has 4 heteroatoms. The SMILES string of the molecule is Sc1[c]nn[nH]1. The minimum atomic E-state index is 0.565. The lowest BCUT2D eigenvalue weighted by Crippen LogP contribution is -1.64. The van der Waals surface area contributed by atoms with Crippen LogP contribution in [0.2, 0.25) is 0 Å². The van der Waals surface area contributed by atoms with Crippen molar-refractivity contribution < 1.29 is 0 Å². The Morgan fingerprint density at radius 2 is 2.67 bits per heavy atom. The van der Waals surface area contributed by atoms with Gasteiger partial charge in [0.25, 0.3) is 0 Å². The van der Waals surface area contributed by atoms with Crippen molar-refractivity contribution in [3.8, 4) is 0 Å². The normalized spacial score (nSPS) is 8.83. The van der Waals surface area contributed by atoms with E-state index in [2.05, 4.69) is 34.2 Å². The molecule has 0 bridgehead atoms. The fourth-order valence-electron chi connectivity index (χ4n) is 0.170. The maximum atomic E-state index is 3.80. The van der Waals surface area contributed by atoms with Crippen LogP contribution in [-0.4, -0.2) is 15.4 Å². The van der Waals surface area contributed by atoms with Crippen LogP contribution in [0.15, 0.2) is 5.03 Å². The van der Waals surface area contributed by atoms with Gasteiger partial charge in [0, 0.05) is 0 Å². The maximum absolute atomic E-state index is 3.80. The summed E-state index contributed by atoms with van der Waals surface area (Å²) >= 11 is 3.80. The van der Waals surface area contributed by atoms with Gasteiger partial charge in [-0.25, -0.2) is 0 Å². The van der Waals surface area contributed by atoms with Crippen molar-refractivity contribution in [2.24, 2.45) is 0 Å². The van der Waals surface area contributed by atoms with E-state index in [1.807, 2.05) is 0 Å². The van der Waals surface area contributed by atoms with Gasteiger partial charge in [0.15, 0.2) is 0 Å². The number of rotatable bonds is 0. The van der Waals surface area contributed by atoms with Crippen molar-refractivity contribution >= 4 is 12.6 Å². The molecule has 0 aliphatic rings. The summed E-state index contributed by atoms with van der Waals surface area (Å²) in [6.45, 7) is 0. The van der Waals surface area contributed by atoms with Crippen molar-refractivity contribution in [1.82, 2.24) is 15.4 Å². The summed E-state index contributed by atoms with van der Waals surface area (Å²) in [6, 6.07) is 0. The zero-order valence-electron chi connectivity index (χ0n) is 2.84. The molecule has 1 heterocycles. The lowest BCUT2D eigenvalue weighted by atomic mass is 11.0. The molecule has 1 aromatic heterocycles. The summed E-state index contributed by atoms with van der Waals surface area (Å²) in [4.78, 5) is 0. The number of nitrogens with zero attached hydrogens (tertiary/aromatic N) is 2. The van der Waals surface area contributed by atoms with Gasteiger partial charge in [0.2, 0.25) is 0 Å². The lowest BCUT2D eigenvalue weighted by Gasteiger charge is -1.63. The van der Waals surface area contributed by atoms with Crippen molar-refractivity contribution in [3.05, 3.63) is 6.20 Å². The van der Waals surface area contributed by atoms with Gasteiger partial charge in [-0.3, -0.25) is 5.10 Å². The Morgan fingerprint density at radius 3 is 2.83 bits per heavy atom. The zero-order chi connectivity index (χ0) is 4.41. The van der Waals surface area contributed by atoms with Crippen molar-refractivity contribution in [3.63, 3.8) is 0 Å². The predicted octanol–water partition coefficient (Wildman–Crippen LogP) is -0.106. The van der Waals surface area contributed by atoms with Gasteiger partial charge in [-0.15, -0.1) is 17.7 Å². The molecule has 31 valence electrons. The first kappa shape index (κ1) is 3.67. The molecular formula is C2H2N3S. The van der Waals surface area contributed by atoms with Gasteiger partial charge < -0.3 is 0 Å². The van der Waals surface area contributed by atoms with E-state index in [9.17, 15) is 0 Å². The second-order valence-corrected chi connectivity index (χ2v) is 1.22. The van der Waals surface area contributed by atoms with E-state index >= 15 is 0 Å². The molecule has 0 unspecified atom stereocenters. The molecule has 0 amide bonds. The molecule has 1 rings (SSSR count). The Balaban J connectivity index is 3.05. The Bertz CT molecular complexity index is 112. The number of hydrogen-bond acceptors (Lipinski definition) is 3. The number of hydrogen-bond donors (Lipinski definition) is 2. The number of aromatic amines is 1. The number of aromatic nitrogens is 3. The van der Waals surface area contributed by atoms with Crippen LogP contribution in [0.3, 0.4) is 0 Å². The minimum absolute atomic E-state index is 0.565. The average Bonchev–Trinajstić information content (AvgIpc) is 1.86. The Hall–Kier alpha value is -0.510. The summed E-state index contributed by atoms with van der Waals surface area (Å²) in [5, 5.41) is 9.64. The molecule has 0 saturated heterocycles. The average molecular weight is 100 g/mol. The predicted molar refractivity (Wildman–Crippen MR) is 22.5 cm³/mol. The first-order valence-electron chi connectivity index (χ1n) is 1.37. The summed E-state index contributed by atoms with van der Waals surface area (Å²) in [7, 11) is 0. The smallest absolute Gasteiger partial charge is 0.149 e. The fraction of sp³-hybridized carbons (Fsp3) is 0. The molecule has 0 aliphatic carbocycles. The fourth-order valence-corrected chi connectivity index (χ4v) is 0.259. The van der Waals surface area contributed by atoms with Gasteiger partial charge in [0.1, 0.15) is 11.2 Å². The molecule has 0 fully saturated rings. The zero-order valence-corrected chi connectivity index (χ0v) is 3.74. The van der Waals surface area contributed by atoms with Gasteiger partial charge in [0.05, 0.1) is 0 Å². The van der Waals surface area contributed by atoms with Crippen LogP contribution >= 0.6 is 12.6 Å². The van der Waals surface area contributed by atoms with E-state index in [0.717, 1.165) is 0 Å². The lowest BCUT2D eigenvalue weighted by molar-refractivity contribution is 0.912. The van der Waals surface area contributed by atoms with E-state index in [0.29, 0.717) is 5.03 Å². The van der Waals surface area contributed by atoms with Crippen LogP contribution in [0.4, 0.5) is 0 Å². The number of nitrogens with one attached hydrogen (secondary N) is 1. The molecule has 3 nitrogen and oxygen atoms in total. The van der Waals surface area contributed by atoms with E-state index in [-0.39, 0.29) is 0 Å². The largest absolute Gasteiger partial charge is 0.251 e. The van der Waals surface area contributed by atoms with E-state index in [4.69, 9.17) is 0 Å². The highest BCUT2D eigenvalue weighted by Gasteiger charge is 1.78. The van der Waals surface area contributed by atoms with Crippen LogP contribution in [0.25, 0.3) is 0 Å². The van der Waals surface area contributed by atoms with Gasteiger partial charge in [-0.2, -0.15) is 0 Å². The molecule has 1 radical (unpaired) electrons. The van der Waals surface area contributed by atoms with Crippen molar-refractivity contribution in [1.29, 1.82) is 0 Å². The second-order valence-electron chi connectivity index (χ2n) is 0.772. The van der Waals surface area contributed by atoms with E-state index in [1.165, 1.54) is 0 Å². The third kappa shape index (κ3) is 0.514. The Labute approximate surface area is 40.2 Å². The first-order valence-corrected chi connectivity index (χ1v) is 1.82. The summed E-state index contributed by atoms with van der Waals surface area (Å²) in [5.41, 5.74) is 0. The van der Waals surface area contributed by atoms with E-state index in [1.54, 1.807) is 0 Å². The van der Waals surface area contributed by atoms with Gasteiger partial charge in [-0.05, 0) is 0 Å². The molecule has 6 heavy (non-hydrogen) atoms. The Kier molecular flexibility index (Phi) is 0.795. The van der Waals surface area contributed by atoms with Crippen molar-refractivity contribution in [2.45, 2.75) is 5.03 Å². The number of H-pyrrole nitrogens is 1. The summed E-state index contributed by atoms with van der Waals surface area (Å²) in [5.74, 6) is 0. The Morgan fingerprint density at radius 1 is 1.83 bits per heavy atom. The molecule has 0 saturated carbocycles. The molecule has 0 atom stereocenters. The minimum Gasteiger partial charge on any atom is -0.251 e. The molecule has 1 N–H and O–H groups in total. The first-order chi connectivity index (χ1) is 2.89. The summed E-state index contributed by atoms with van der Waals surface area (Å²) in [6.07, 6.45) is 2.45. The highest BCUT2D eigenvalue weighted by atomic mass is 32.1. The van der Waals surface area contributed by atoms with Crippen molar-refractivity contribution in [2.75, 3.05) is 0 Å². The highest BCUT2D eigenvalue weighted by Crippen LogP contribution is 1.89. The van der Waals surface area contributed by atoms with Crippen LogP contribution in [0, 0.1) is 6.20 Å². The molecule has 0 spiro atoms. The molecule has 0 aromatic carbocycles. The van der Waals surface area contributed by atoms with Gasteiger partial charge >= 0.3 is 0 Å².